The summed E-state index contributed by atoms with van der Waals surface area (Å²) >= 11 is 0. The van der Waals surface area contributed by atoms with Crippen molar-refractivity contribution in [1.82, 2.24) is 16.0 Å². The van der Waals surface area contributed by atoms with Crippen molar-refractivity contribution >= 4 is 35.8 Å². The van der Waals surface area contributed by atoms with E-state index in [0.717, 1.165) is 25.5 Å². The number of hydrogen-bond donors (Lipinski definition) is 3. The highest BCUT2D eigenvalue weighted by atomic mass is 127. The molecule has 0 bridgehead atoms. The first-order valence-electron chi connectivity index (χ1n) is 7.47. The molecular weight excluding hydrogens is 395 g/mol. The third-order valence-electron chi connectivity index (χ3n) is 2.77. The van der Waals surface area contributed by atoms with Crippen molar-refractivity contribution in [3.05, 3.63) is 24.2 Å². The van der Waals surface area contributed by atoms with E-state index in [4.69, 9.17) is 4.42 Å². The van der Waals surface area contributed by atoms with E-state index in [1.54, 1.807) is 12.1 Å². The lowest BCUT2D eigenvalue weighted by Crippen LogP contribution is -2.41. The summed E-state index contributed by atoms with van der Waals surface area (Å²) in [5.74, 6) is 1.55. The average molecular weight is 422 g/mol. The molecule has 0 aliphatic rings. The molecule has 1 rings (SSSR count). The zero-order chi connectivity index (χ0) is 15.5. The SMILES string of the molecule is CCNC(=NCCC(C)C)NCCNC(=O)c1ccco1.I. The summed E-state index contributed by atoms with van der Waals surface area (Å²) in [4.78, 5) is 16.1. The lowest BCUT2D eigenvalue weighted by atomic mass is 10.1. The highest BCUT2D eigenvalue weighted by molar-refractivity contribution is 14.0. The summed E-state index contributed by atoms with van der Waals surface area (Å²) in [7, 11) is 0. The molecule has 0 aliphatic heterocycles. The van der Waals surface area contributed by atoms with Crippen LogP contribution in [0.4, 0.5) is 0 Å². The Labute approximate surface area is 149 Å². The first kappa shape index (κ1) is 20.8. The number of aliphatic imine (C=N–C) groups is 1. The molecule has 0 spiro atoms. The van der Waals surface area contributed by atoms with E-state index in [2.05, 4.69) is 34.8 Å². The molecule has 0 aliphatic carbocycles. The van der Waals surface area contributed by atoms with Gasteiger partial charge in [0.2, 0.25) is 0 Å². The third-order valence-corrected chi connectivity index (χ3v) is 2.77. The van der Waals surface area contributed by atoms with Crippen LogP contribution in [0.15, 0.2) is 27.8 Å². The lowest BCUT2D eigenvalue weighted by Gasteiger charge is -2.12. The summed E-state index contributed by atoms with van der Waals surface area (Å²) in [5.41, 5.74) is 0. The van der Waals surface area contributed by atoms with Gasteiger partial charge in [-0.1, -0.05) is 13.8 Å². The van der Waals surface area contributed by atoms with E-state index in [1.165, 1.54) is 6.26 Å². The van der Waals surface area contributed by atoms with E-state index < -0.39 is 0 Å². The maximum Gasteiger partial charge on any atom is 0.287 e. The van der Waals surface area contributed by atoms with Crippen molar-refractivity contribution in [2.75, 3.05) is 26.2 Å². The van der Waals surface area contributed by atoms with E-state index in [9.17, 15) is 4.79 Å². The summed E-state index contributed by atoms with van der Waals surface area (Å²) in [5, 5.41) is 9.15. The van der Waals surface area contributed by atoms with Gasteiger partial charge in [0.25, 0.3) is 5.91 Å². The van der Waals surface area contributed by atoms with Gasteiger partial charge in [-0.2, -0.15) is 0 Å². The number of amides is 1. The second-order valence-electron chi connectivity index (χ2n) is 5.10. The lowest BCUT2D eigenvalue weighted by molar-refractivity contribution is 0.0926. The molecule has 3 N–H and O–H groups in total. The van der Waals surface area contributed by atoms with E-state index in [-0.39, 0.29) is 29.9 Å². The highest BCUT2D eigenvalue weighted by Gasteiger charge is 2.06. The maximum absolute atomic E-state index is 11.6. The van der Waals surface area contributed by atoms with Crippen molar-refractivity contribution in [3.63, 3.8) is 0 Å². The van der Waals surface area contributed by atoms with Crippen LogP contribution in [0.1, 0.15) is 37.7 Å². The van der Waals surface area contributed by atoms with Crippen LogP contribution in [-0.2, 0) is 0 Å². The summed E-state index contributed by atoms with van der Waals surface area (Å²) in [6, 6.07) is 3.33. The fourth-order valence-electron chi connectivity index (χ4n) is 1.63. The van der Waals surface area contributed by atoms with Gasteiger partial charge in [0, 0.05) is 26.2 Å². The quantitative estimate of drug-likeness (QED) is 0.260. The molecular formula is C15H27IN4O2. The van der Waals surface area contributed by atoms with Crippen molar-refractivity contribution in [1.29, 1.82) is 0 Å². The van der Waals surface area contributed by atoms with Crippen LogP contribution < -0.4 is 16.0 Å². The normalized spacial score (nSPS) is 11.0. The zero-order valence-electron chi connectivity index (χ0n) is 13.5. The molecule has 126 valence electrons. The van der Waals surface area contributed by atoms with Gasteiger partial charge in [-0.25, -0.2) is 0 Å². The Hall–Kier alpha value is -1.25. The van der Waals surface area contributed by atoms with Gasteiger partial charge in [-0.05, 0) is 31.4 Å². The van der Waals surface area contributed by atoms with Crippen LogP contribution >= 0.6 is 24.0 Å². The molecule has 0 radical (unpaired) electrons. The van der Waals surface area contributed by atoms with Gasteiger partial charge in [0.15, 0.2) is 11.7 Å². The molecule has 0 saturated carbocycles. The highest BCUT2D eigenvalue weighted by Crippen LogP contribution is 1.99. The molecule has 7 heteroatoms. The number of nitrogens with zero attached hydrogens (tertiary/aromatic N) is 1. The number of hydrogen-bond acceptors (Lipinski definition) is 3. The Morgan fingerprint density at radius 3 is 2.59 bits per heavy atom. The van der Waals surface area contributed by atoms with Gasteiger partial charge in [0.05, 0.1) is 6.26 Å². The minimum Gasteiger partial charge on any atom is -0.459 e. The van der Waals surface area contributed by atoms with E-state index in [0.29, 0.717) is 24.8 Å². The smallest absolute Gasteiger partial charge is 0.287 e. The van der Waals surface area contributed by atoms with Gasteiger partial charge in [0.1, 0.15) is 0 Å². The van der Waals surface area contributed by atoms with E-state index in [1.807, 2.05) is 6.92 Å². The van der Waals surface area contributed by atoms with Gasteiger partial charge >= 0.3 is 0 Å². The predicted octanol–water partition coefficient (Wildman–Crippen LogP) is 2.23. The second-order valence-corrected chi connectivity index (χ2v) is 5.10. The van der Waals surface area contributed by atoms with Crippen LogP contribution in [-0.4, -0.2) is 38.0 Å². The monoisotopic (exact) mass is 422 g/mol. The molecule has 6 nitrogen and oxygen atoms in total. The Morgan fingerprint density at radius 2 is 2.00 bits per heavy atom. The van der Waals surface area contributed by atoms with Crippen LogP contribution in [0.2, 0.25) is 0 Å². The average Bonchev–Trinajstić information content (AvgIpc) is 2.97. The number of rotatable bonds is 8. The molecule has 0 atom stereocenters. The topological polar surface area (TPSA) is 78.7 Å². The number of nitrogens with one attached hydrogen (secondary N) is 3. The zero-order valence-corrected chi connectivity index (χ0v) is 15.8. The number of halogens is 1. The molecule has 0 unspecified atom stereocenters. The first-order valence-corrected chi connectivity index (χ1v) is 7.47. The molecule has 0 aromatic carbocycles. The van der Waals surface area contributed by atoms with Crippen LogP contribution in [0, 0.1) is 5.92 Å². The maximum atomic E-state index is 11.6. The molecule has 1 aromatic heterocycles. The second kappa shape index (κ2) is 12.3. The molecule has 1 aromatic rings. The number of furan rings is 1. The molecule has 1 amide bonds. The molecule has 0 fully saturated rings. The Balaban J connectivity index is 0.00000441. The van der Waals surface area contributed by atoms with E-state index >= 15 is 0 Å². The Bertz CT molecular complexity index is 433. The minimum atomic E-state index is -0.205. The van der Waals surface area contributed by atoms with Crippen molar-refractivity contribution < 1.29 is 9.21 Å². The summed E-state index contributed by atoms with van der Waals surface area (Å²) in [6.45, 7) is 9.12. The van der Waals surface area contributed by atoms with Crippen molar-refractivity contribution in [3.8, 4) is 0 Å². The summed E-state index contributed by atoms with van der Waals surface area (Å²) < 4.78 is 5.02. The largest absolute Gasteiger partial charge is 0.459 e. The number of guanidine groups is 1. The number of carbonyl (C=O) groups is 1. The molecule has 22 heavy (non-hydrogen) atoms. The first-order chi connectivity index (χ1) is 10.1. The Morgan fingerprint density at radius 1 is 1.27 bits per heavy atom. The van der Waals surface area contributed by atoms with Gasteiger partial charge in [-0.3, -0.25) is 9.79 Å². The fraction of sp³-hybridized carbons (Fsp3) is 0.600. The van der Waals surface area contributed by atoms with Gasteiger partial charge < -0.3 is 20.4 Å². The summed E-state index contributed by atoms with van der Waals surface area (Å²) in [6.07, 6.45) is 2.55. The van der Waals surface area contributed by atoms with Gasteiger partial charge in [-0.15, -0.1) is 24.0 Å². The Kier molecular flexibility index (Phi) is 11.6. The predicted molar refractivity (Wildman–Crippen MR) is 99.9 cm³/mol. The minimum absolute atomic E-state index is 0. The molecule has 1 heterocycles. The van der Waals surface area contributed by atoms with Crippen LogP contribution in [0.25, 0.3) is 0 Å². The van der Waals surface area contributed by atoms with Crippen LogP contribution in [0.5, 0.6) is 0 Å². The van der Waals surface area contributed by atoms with Crippen LogP contribution in [0.3, 0.4) is 0 Å². The fourth-order valence-corrected chi connectivity index (χ4v) is 1.63. The van der Waals surface area contributed by atoms with Crippen molar-refractivity contribution in [2.24, 2.45) is 10.9 Å². The third kappa shape index (κ3) is 8.91. The molecule has 0 saturated heterocycles. The van der Waals surface area contributed by atoms with Crippen molar-refractivity contribution in [2.45, 2.75) is 27.2 Å². The number of carbonyl (C=O) groups excluding carboxylic acids is 1. The standard InChI is InChI=1S/C15H26N4O2.HI/c1-4-16-15(18-8-7-12(2)3)19-10-9-17-14(20)13-6-5-11-21-13;/h5-6,11-12H,4,7-10H2,1-3H3,(H,17,20)(H2,16,18,19);1H.